The van der Waals surface area contributed by atoms with E-state index < -0.39 is 28.7 Å². The lowest BCUT2D eigenvalue weighted by Crippen LogP contribution is -2.71. The van der Waals surface area contributed by atoms with E-state index in [0.29, 0.717) is 57.9 Å². The number of piperidine rings is 1. The topological polar surface area (TPSA) is 120 Å². The minimum atomic E-state index is -1.12. The van der Waals surface area contributed by atoms with Gasteiger partial charge >= 0.3 is 0 Å². The van der Waals surface area contributed by atoms with Gasteiger partial charge in [-0.05, 0) is 63.7 Å². The molecule has 1 aliphatic heterocycles. The molecule has 10 heteroatoms. The fourth-order valence-corrected chi connectivity index (χ4v) is 6.24. The Balaban J connectivity index is 1.25. The molecule has 188 valence electrons. The molecule has 2 bridgehead atoms. The Morgan fingerprint density at radius 1 is 1.12 bits per heavy atom. The Morgan fingerprint density at radius 2 is 1.88 bits per heavy atom. The number of alkyl halides is 2. The number of hydrogen-bond donors (Lipinski definition) is 5. The molecule has 8 nitrogen and oxygen atoms in total. The van der Waals surface area contributed by atoms with E-state index in [9.17, 15) is 24.2 Å². The summed E-state index contributed by atoms with van der Waals surface area (Å²) in [6.07, 6.45) is 3.60. The average Bonchev–Trinajstić information content (AvgIpc) is 2.81. The predicted octanol–water partition coefficient (Wildman–Crippen LogP) is 0.910. The molecule has 5 N–H and O–H groups in total. The first-order valence-corrected chi connectivity index (χ1v) is 12.7. The Kier molecular flexibility index (Phi) is 7.85. The number of rotatable bonds is 7. The van der Waals surface area contributed by atoms with Crippen LogP contribution in [0.5, 0.6) is 0 Å². The van der Waals surface area contributed by atoms with Crippen molar-refractivity contribution in [2.24, 2.45) is 5.92 Å². The monoisotopic (exact) mass is 489 g/mol. The van der Waals surface area contributed by atoms with Gasteiger partial charge in [-0.25, -0.2) is 4.39 Å². The van der Waals surface area contributed by atoms with Crippen LogP contribution >= 0.6 is 11.6 Å². The van der Waals surface area contributed by atoms with Crippen molar-refractivity contribution in [2.45, 2.75) is 105 Å². The molecule has 33 heavy (non-hydrogen) atoms. The van der Waals surface area contributed by atoms with Crippen LogP contribution in [-0.2, 0) is 14.3 Å². The third-order valence-corrected chi connectivity index (χ3v) is 8.78. The van der Waals surface area contributed by atoms with E-state index in [1.165, 1.54) is 0 Å². The SMILES string of the molecule is O=C(COC1CCC(Cl)C(F)C1)NC12CCC(NC(=O)C3CCC(CO)CN3)(CC1)C[C@@H]2O. The smallest absolute Gasteiger partial charge is 0.246 e. The zero-order chi connectivity index (χ0) is 23.6. The normalized spacial score (nSPS) is 43.2. The van der Waals surface area contributed by atoms with Crippen molar-refractivity contribution < 1.29 is 28.9 Å². The van der Waals surface area contributed by atoms with Gasteiger partial charge in [0.05, 0.1) is 29.2 Å². The quantitative estimate of drug-likeness (QED) is 0.339. The van der Waals surface area contributed by atoms with Crippen LogP contribution in [0.15, 0.2) is 0 Å². The van der Waals surface area contributed by atoms with E-state index >= 15 is 0 Å². The number of fused-ring (bicyclic) bond motifs is 3. The molecule has 0 radical (unpaired) electrons. The number of hydrogen-bond acceptors (Lipinski definition) is 6. The molecule has 0 spiro atoms. The molecule has 6 atom stereocenters. The first-order chi connectivity index (χ1) is 15.7. The summed E-state index contributed by atoms with van der Waals surface area (Å²) in [4.78, 5) is 25.4. The van der Waals surface area contributed by atoms with Crippen LogP contribution < -0.4 is 16.0 Å². The molecule has 5 fully saturated rings. The lowest BCUT2D eigenvalue weighted by atomic mass is 9.59. The van der Waals surface area contributed by atoms with Gasteiger partial charge in [0, 0.05) is 25.1 Å². The summed E-state index contributed by atoms with van der Waals surface area (Å²) >= 11 is 5.90. The predicted molar refractivity (Wildman–Crippen MR) is 121 cm³/mol. The molecule has 0 aromatic rings. The minimum Gasteiger partial charge on any atom is -0.396 e. The molecule has 0 aromatic carbocycles. The molecular weight excluding hydrogens is 453 g/mol. The molecule has 0 aromatic heterocycles. The van der Waals surface area contributed by atoms with Crippen molar-refractivity contribution in [3.8, 4) is 0 Å². The highest BCUT2D eigenvalue weighted by Gasteiger charge is 2.55. The molecular formula is C23H37ClFN3O5. The Labute approximate surface area is 199 Å². The highest BCUT2D eigenvalue weighted by molar-refractivity contribution is 6.21. The number of carbonyl (C=O) groups is 2. The lowest BCUT2D eigenvalue weighted by molar-refractivity contribution is -0.140. The Hall–Kier alpha value is -1.00. The van der Waals surface area contributed by atoms with Crippen molar-refractivity contribution in [3.05, 3.63) is 0 Å². The molecule has 1 saturated heterocycles. The van der Waals surface area contributed by atoms with Gasteiger partial charge in [0.2, 0.25) is 11.8 Å². The van der Waals surface area contributed by atoms with E-state index in [1.807, 2.05) is 0 Å². The van der Waals surface area contributed by atoms with Crippen molar-refractivity contribution in [3.63, 3.8) is 0 Å². The number of aliphatic hydroxyl groups is 2. The Morgan fingerprint density at radius 3 is 2.48 bits per heavy atom. The molecule has 4 saturated carbocycles. The van der Waals surface area contributed by atoms with Crippen molar-refractivity contribution >= 4 is 23.4 Å². The van der Waals surface area contributed by atoms with E-state index in [0.717, 1.165) is 6.42 Å². The van der Waals surface area contributed by atoms with Crippen molar-refractivity contribution in [1.82, 2.24) is 16.0 Å². The van der Waals surface area contributed by atoms with Gasteiger partial charge in [-0.3, -0.25) is 9.59 Å². The summed E-state index contributed by atoms with van der Waals surface area (Å²) in [7, 11) is 0. The maximum atomic E-state index is 13.8. The second-order valence-corrected chi connectivity index (χ2v) is 11.1. The van der Waals surface area contributed by atoms with Crippen LogP contribution in [0.2, 0.25) is 0 Å². The number of halogens is 2. The fraction of sp³-hybridized carbons (Fsp3) is 0.913. The van der Waals surface area contributed by atoms with Crippen LogP contribution in [0.1, 0.15) is 64.2 Å². The van der Waals surface area contributed by atoms with Crippen molar-refractivity contribution in [2.75, 3.05) is 19.8 Å². The standard InChI is InChI=1S/C23H37ClFN3O5/c24-16-3-2-15(9-17(16)25)33-13-20(31)27-23-7-5-22(6-8-23,10-19(23)30)28-21(32)18-4-1-14(12-29)11-26-18/h14-19,26,29-30H,1-13H2,(H,27,31)(H,28,32)/t14?,15?,16?,17?,18?,19-,22?,23?/m0/s1. The van der Waals surface area contributed by atoms with Gasteiger partial charge in [-0.1, -0.05) is 0 Å². The summed E-state index contributed by atoms with van der Waals surface area (Å²) < 4.78 is 19.4. The van der Waals surface area contributed by atoms with Crippen LogP contribution in [0.3, 0.4) is 0 Å². The largest absolute Gasteiger partial charge is 0.396 e. The number of nitrogens with one attached hydrogen (secondary N) is 3. The summed E-state index contributed by atoms with van der Waals surface area (Å²) in [6, 6.07) is -0.275. The van der Waals surface area contributed by atoms with Gasteiger partial charge in [0.1, 0.15) is 12.8 Å². The number of aliphatic hydroxyl groups excluding tert-OH is 2. The summed E-state index contributed by atoms with van der Waals surface area (Å²) in [6.45, 7) is 0.588. The Bertz CT molecular complexity index is 712. The second-order valence-electron chi connectivity index (χ2n) is 10.6. The zero-order valence-corrected chi connectivity index (χ0v) is 19.8. The van der Waals surface area contributed by atoms with E-state index in [-0.39, 0.29) is 49.5 Å². The van der Waals surface area contributed by atoms with Crippen LogP contribution in [0, 0.1) is 5.92 Å². The number of carbonyl (C=O) groups excluding carboxylic acids is 2. The van der Waals surface area contributed by atoms with Crippen LogP contribution in [0.4, 0.5) is 4.39 Å². The minimum absolute atomic E-state index is 0.0525. The van der Waals surface area contributed by atoms with Gasteiger partial charge < -0.3 is 30.9 Å². The molecule has 4 aliphatic carbocycles. The highest BCUT2D eigenvalue weighted by atomic mass is 35.5. The fourth-order valence-electron chi connectivity index (χ4n) is 6.01. The molecule has 5 unspecified atom stereocenters. The van der Waals surface area contributed by atoms with Crippen LogP contribution in [-0.4, -0.2) is 82.7 Å². The summed E-state index contributed by atoms with van der Waals surface area (Å²) in [5, 5.41) is 29.1. The maximum absolute atomic E-state index is 13.8. The maximum Gasteiger partial charge on any atom is 0.246 e. The second kappa shape index (κ2) is 10.3. The van der Waals surface area contributed by atoms with E-state index in [4.69, 9.17) is 16.3 Å². The van der Waals surface area contributed by atoms with Gasteiger partial charge in [0.25, 0.3) is 0 Å². The molecule has 5 rings (SSSR count). The van der Waals surface area contributed by atoms with E-state index in [1.54, 1.807) is 0 Å². The molecule has 1 heterocycles. The first kappa shape index (κ1) is 25.1. The molecule has 5 aliphatic rings. The third-order valence-electron chi connectivity index (χ3n) is 8.28. The summed E-state index contributed by atoms with van der Waals surface area (Å²) in [5.74, 6) is -0.163. The zero-order valence-electron chi connectivity index (χ0n) is 19.0. The third kappa shape index (κ3) is 5.64. The number of amides is 2. The summed E-state index contributed by atoms with van der Waals surface area (Å²) in [5.41, 5.74) is -1.16. The van der Waals surface area contributed by atoms with Crippen LogP contribution in [0.25, 0.3) is 0 Å². The number of ether oxygens (including phenoxy) is 1. The molecule has 2 amide bonds. The van der Waals surface area contributed by atoms with Gasteiger partial charge in [0.15, 0.2) is 0 Å². The highest BCUT2D eigenvalue weighted by Crippen LogP contribution is 2.47. The average molecular weight is 490 g/mol. The van der Waals surface area contributed by atoms with Gasteiger partial charge in [-0.2, -0.15) is 0 Å². The van der Waals surface area contributed by atoms with E-state index in [2.05, 4.69) is 16.0 Å². The lowest BCUT2D eigenvalue weighted by Gasteiger charge is -2.56. The first-order valence-electron chi connectivity index (χ1n) is 12.3. The van der Waals surface area contributed by atoms with Gasteiger partial charge in [-0.15, -0.1) is 11.6 Å². The van der Waals surface area contributed by atoms with Crippen molar-refractivity contribution in [1.29, 1.82) is 0 Å².